The molecule has 1 aromatic heterocycles. The quantitative estimate of drug-likeness (QED) is 0.661. The van der Waals surface area contributed by atoms with Gasteiger partial charge in [-0.3, -0.25) is 4.55 Å². The summed E-state index contributed by atoms with van der Waals surface area (Å²) in [6.45, 7) is 6.32. The van der Waals surface area contributed by atoms with Crippen LogP contribution in [-0.2, 0) is 10.1 Å². The predicted molar refractivity (Wildman–Crippen MR) is 100 cm³/mol. The highest BCUT2D eigenvalue weighted by Crippen LogP contribution is 2.11. The third-order valence-corrected chi connectivity index (χ3v) is 4.01. The fraction of sp³-hybridized carbons (Fsp3) is 0.211. The van der Waals surface area contributed by atoms with Crippen LogP contribution in [0.1, 0.15) is 31.2 Å². The van der Waals surface area contributed by atoms with E-state index in [1.54, 1.807) is 30.6 Å². The molecule has 0 aliphatic heterocycles. The molecule has 2 aromatic carbocycles. The Morgan fingerprint density at radius 1 is 0.960 bits per heavy atom. The van der Waals surface area contributed by atoms with Crippen molar-refractivity contribution >= 4 is 10.1 Å². The molecule has 0 saturated carbocycles. The highest BCUT2D eigenvalue weighted by atomic mass is 32.2. The minimum absolute atomic E-state index is 0.0741. The summed E-state index contributed by atoms with van der Waals surface area (Å²) in [6, 6.07) is 17.9. The molecule has 25 heavy (non-hydrogen) atoms. The number of nitrogens with one attached hydrogen (secondary N) is 1. The van der Waals surface area contributed by atoms with Crippen molar-refractivity contribution in [1.82, 2.24) is 9.97 Å². The zero-order valence-corrected chi connectivity index (χ0v) is 15.4. The summed E-state index contributed by atoms with van der Waals surface area (Å²) < 4.78 is 29.2. The monoisotopic (exact) mass is 360 g/mol. The third-order valence-electron chi connectivity index (χ3n) is 3.14. The van der Waals surface area contributed by atoms with Gasteiger partial charge in [0.1, 0.15) is 5.82 Å². The largest absolute Gasteiger partial charge is 0.349 e. The lowest BCUT2D eigenvalue weighted by atomic mass is 10.0. The van der Waals surface area contributed by atoms with E-state index >= 15 is 0 Å². The van der Waals surface area contributed by atoms with Gasteiger partial charge >= 0.3 is 0 Å². The molecule has 2 N–H and O–H groups in total. The van der Waals surface area contributed by atoms with Crippen molar-refractivity contribution in [1.29, 1.82) is 0 Å². The maximum atomic E-state index is 10.4. The van der Waals surface area contributed by atoms with Gasteiger partial charge < -0.3 is 4.98 Å². The topological polar surface area (TPSA) is 83.0 Å². The number of aromatic nitrogens is 2. The molecule has 1 heterocycles. The zero-order chi connectivity index (χ0) is 18.7. The first-order chi connectivity index (χ1) is 11.8. The lowest BCUT2D eigenvalue weighted by molar-refractivity contribution is 0.483. The normalized spacial score (nSPS) is 10.3. The first kappa shape index (κ1) is 20.6. The smallest absolute Gasteiger partial charge is 0.294 e. The molecule has 0 aliphatic rings. The molecule has 0 fully saturated rings. The summed E-state index contributed by atoms with van der Waals surface area (Å²) in [4.78, 5) is 6.68. The summed E-state index contributed by atoms with van der Waals surface area (Å²) >= 11 is 0. The van der Waals surface area contributed by atoms with Crippen molar-refractivity contribution in [3.05, 3.63) is 84.4 Å². The maximum absolute atomic E-state index is 10.4. The van der Waals surface area contributed by atoms with Gasteiger partial charge in [0, 0.05) is 12.4 Å². The molecule has 6 heteroatoms. The predicted octanol–water partition coefficient (Wildman–Crippen LogP) is 4.46. The lowest BCUT2D eigenvalue weighted by Gasteiger charge is -2.01. The van der Waals surface area contributed by atoms with Crippen LogP contribution >= 0.6 is 0 Å². The molecule has 0 unspecified atom stereocenters. The van der Waals surface area contributed by atoms with Gasteiger partial charge in [0.15, 0.2) is 0 Å². The Morgan fingerprint density at radius 3 is 1.72 bits per heavy atom. The molecular weight excluding hydrogens is 336 g/mol. The van der Waals surface area contributed by atoms with E-state index < -0.39 is 10.1 Å². The highest BCUT2D eigenvalue weighted by molar-refractivity contribution is 7.85. The van der Waals surface area contributed by atoms with Gasteiger partial charge in [0.2, 0.25) is 0 Å². The average molecular weight is 360 g/mol. The number of nitrogens with zero attached hydrogens (tertiary/aromatic N) is 1. The van der Waals surface area contributed by atoms with Crippen LogP contribution in [0.3, 0.4) is 0 Å². The highest BCUT2D eigenvalue weighted by Gasteiger charge is 2.05. The van der Waals surface area contributed by atoms with Gasteiger partial charge in [-0.25, -0.2) is 4.98 Å². The van der Waals surface area contributed by atoms with E-state index in [0.717, 1.165) is 5.82 Å². The number of hydrogen-bond acceptors (Lipinski definition) is 3. The van der Waals surface area contributed by atoms with Gasteiger partial charge in [-0.15, -0.1) is 0 Å². The third kappa shape index (κ3) is 8.83. The molecule has 3 rings (SSSR count). The molecule has 0 spiro atoms. The van der Waals surface area contributed by atoms with E-state index in [1.165, 1.54) is 17.7 Å². The van der Waals surface area contributed by atoms with E-state index in [0.29, 0.717) is 5.92 Å². The molecule has 3 aromatic rings. The Hall–Kier alpha value is -2.44. The number of benzene rings is 2. The molecule has 0 atom stereocenters. The minimum Gasteiger partial charge on any atom is -0.349 e. The van der Waals surface area contributed by atoms with Crippen molar-refractivity contribution in [3.63, 3.8) is 0 Å². The van der Waals surface area contributed by atoms with Crippen molar-refractivity contribution < 1.29 is 13.0 Å². The molecule has 0 saturated heterocycles. The van der Waals surface area contributed by atoms with Crippen molar-refractivity contribution in [2.75, 3.05) is 0 Å². The van der Waals surface area contributed by atoms with E-state index in [-0.39, 0.29) is 4.90 Å². The van der Waals surface area contributed by atoms with E-state index in [4.69, 9.17) is 4.55 Å². The second kappa shape index (κ2) is 10.4. The number of hydrogen-bond donors (Lipinski definition) is 2. The van der Waals surface area contributed by atoms with Crippen LogP contribution < -0.4 is 0 Å². The van der Waals surface area contributed by atoms with Crippen LogP contribution in [0.4, 0.5) is 0 Å². The van der Waals surface area contributed by atoms with E-state index in [1.807, 2.05) is 13.0 Å². The number of H-pyrrole nitrogens is 1. The molecule has 134 valence electrons. The number of rotatable bonds is 2. The van der Waals surface area contributed by atoms with Gasteiger partial charge in [-0.2, -0.15) is 8.42 Å². The minimum atomic E-state index is -4.00. The second-order valence-electron chi connectivity index (χ2n) is 5.53. The Morgan fingerprint density at radius 2 is 1.48 bits per heavy atom. The van der Waals surface area contributed by atoms with E-state index in [2.05, 4.69) is 48.1 Å². The first-order valence-corrected chi connectivity index (χ1v) is 9.28. The molecule has 0 aliphatic carbocycles. The van der Waals surface area contributed by atoms with Crippen LogP contribution in [0.5, 0.6) is 0 Å². The van der Waals surface area contributed by atoms with Gasteiger partial charge in [-0.05, 0) is 30.5 Å². The number of aromatic amines is 1. The van der Waals surface area contributed by atoms with Crippen LogP contribution in [0.25, 0.3) is 0 Å². The van der Waals surface area contributed by atoms with Gasteiger partial charge in [-0.1, -0.05) is 62.4 Å². The molecular formula is C19H24N2O3S. The van der Waals surface area contributed by atoms with Crippen LogP contribution in [0.2, 0.25) is 0 Å². The summed E-state index contributed by atoms with van der Waals surface area (Å²) in [5, 5.41) is 0. The Labute approximate surface area is 149 Å². The summed E-state index contributed by atoms with van der Waals surface area (Å²) in [5.74, 6) is 1.63. The van der Waals surface area contributed by atoms with Gasteiger partial charge in [0.25, 0.3) is 10.1 Å². The van der Waals surface area contributed by atoms with Crippen LogP contribution in [0.15, 0.2) is 78.0 Å². The van der Waals surface area contributed by atoms with E-state index in [9.17, 15) is 8.42 Å². The van der Waals surface area contributed by atoms with Crippen molar-refractivity contribution in [2.24, 2.45) is 0 Å². The number of aryl methyl sites for hydroxylation is 1. The van der Waals surface area contributed by atoms with Crippen molar-refractivity contribution in [3.8, 4) is 0 Å². The first-order valence-electron chi connectivity index (χ1n) is 7.84. The van der Waals surface area contributed by atoms with Crippen LogP contribution in [0, 0.1) is 6.92 Å². The summed E-state index contributed by atoms with van der Waals surface area (Å²) in [7, 11) is -4.00. The molecule has 0 bridgehead atoms. The number of imidazole rings is 1. The SMILES string of the molecule is CC(C)c1ccccc1.Cc1ncc[nH]1.O=S(=O)(O)c1ccccc1. The van der Waals surface area contributed by atoms with Crippen LogP contribution in [-0.4, -0.2) is 22.9 Å². The summed E-state index contributed by atoms with van der Waals surface area (Å²) in [6.07, 6.45) is 3.53. The Bertz CT molecular complexity index is 800. The fourth-order valence-corrected chi connectivity index (χ4v) is 2.28. The standard InChI is InChI=1S/C9H12.C6H6O3S.C4H6N2/c1-8(2)9-6-4-3-5-7-9;7-10(8,9)6-4-2-1-3-5-6;1-4-5-2-3-6-4/h3-8H,1-2H3;1-5H,(H,7,8,9);2-3H,1H3,(H,5,6). The Balaban J connectivity index is 0.000000193. The lowest BCUT2D eigenvalue weighted by Crippen LogP contribution is -1.96. The zero-order valence-electron chi connectivity index (χ0n) is 14.6. The molecule has 0 amide bonds. The Kier molecular flexibility index (Phi) is 8.60. The molecule has 0 radical (unpaired) electrons. The van der Waals surface area contributed by atoms with Crippen molar-refractivity contribution in [2.45, 2.75) is 31.6 Å². The second-order valence-corrected chi connectivity index (χ2v) is 6.95. The fourth-order valence-electron chi connectivity index (χ4n) is 1.77. The average Bonchev–Trinajstić information content (AvgIpc) is 3.08. The maximum Gasteiger partial charge on any atom is 0.294 e. The van der Waals surface area contributed by atoms with Gasteiger partial charge in [0.05, 0.1) is 4.90 Å². The summed E-state index contributed by atoms with van der Waals surface area (Å²) in [5.41, 5.74) is 1.41. The molecule has 5 nitrogen and oxygen atoms in total.